The molecule has 22 heavy (non-hydrogen) atoms. The highest BCUT2D eigenvalue weighted by atomic mass is 32.2. The first-order chi connectivity index (χ1) is 10.3. The second-order valence-corrected chi connectivity index (χ2v) is 7.34. The van der Waals surface area contributed by atoms with Crippen LogP contribution in [0.25, 0.3) is 0 Å². The van der Waals surface area contributed by atoms with Gasteiger partial charge in [0.05, 0.1) is 12.8 Å². The highest BCUT2D eigenvalue weighted by Gasteiger charge is 2.27. The fourth-order valence-corrected chi connectivity index (χ4v) is 3.75. The molecule has 0 saturated carbocycles. The monoisotopic (exact) mass is 344 g/mol. The van der Waals surface area contributed by atoms with Crippen molar-refractivity contribution in [3.8, 4) is 0 Å². The molecule has 0 unspecified atom stereocenters. The highest BCUT2D eigenvalue weighted by Crippen LogP contribution is 2.27. The van der Waals surface area contributed by atoms with Crippen LogP contribution in [-0.2, 0) is 14.8 Å². The van der Waals surface area contributed by atoms with E-state index >= 15 is 0 Å². The summed E-state index contributed by atoms with van der Waals surface area (Å²) >= 11 is 1.24. The van der Waals surface area contributed by atoms with Gasteiger partial charge >= 0.3 is 5.97 Å². The Kier molecular flexibility index (Phi) is 4.81. The summed E-state index contributed by atoms with van der Waals surface area (Å²) in [5.41, 5.74) is -0.144. The fraction of sp³-hybridized carbons (Fsp3) is 0.417. The minimum absolute atomic E-state index is 0.140. The van der Waals surface area contributed by atoms with E-state index in [0.717, 1.165) is 11.1 Å². The Morgan fingerprint density at radius 1 is 1.45 bits per heavy atom. The molecule has 0 fully saturated rings. The summed E-state index contributed by atoms with van der Waals surface area (Å²) in [6.45, 7) is 5.74. The fourth-order valence-electron chi connectivity index (χ4n) is 1.60. The number of esters is 1. The number of carbonyl (C=O) groups excluding carboxylic acids is 1. The lowest BCUT2D eigenvalue weighted by molar-refractivity contribution is 0.0522. The van der Waals surface area contributed by atoms with E-state index in [1.165, 1.54) is 11.3 Å². The molecule has 0 bridgehead atoms. The molecule has 2 N–H and O–H groups in total. The molecule has 8 nitrogen and oxygen atoms in total. The number of aromatic nitrogens is 3. The van der Waals surface area contributed by atoms with Gasteiger partial charge in [-0.05, 0) is 12.8 Å². The maximum Gasteiger partial charge on any atom is 0.342 e. The number of anilines is 1. The number of sulfonamides is 1. The van der Waals surface area contributed by atoms with Crippen molar-refractivity contribution in [3.63, 3.8) is 0 Å². The number of hydrogen-bond acceptors (Lipinski definition) is 7. The van der Waals surface area contributed by atoms with Crippen molar-refractivity contribution in [1.82, 2.24) is 15.2 Å². The van der Waals surface area contributed by atoms with Crippen LogP contribution in [0.1, 0.15) is 41.9 Å². The molecule has 0 saturated heterocycles. The van der Waals surface area contributed by atoms with Crippen molar-refractivity contribution in [2.24, 2.45) is 0 Å². The second kappa shape index (κ2) is 6.44. The Hall–Kier alpha value is -1.94. The lowest BCUT2D eigenvalue weighted by Gasteiger charge is -2.05. The number of ether oxygens (including phenoxy) is 1. The van der Waals surface area contributed by atoms with Crippen molar-refractivity contribution in [1.29, 1.82) is 0 Å². The number of aromatic amines is 1. The number of hydrogen-bond donors (Lipinski definition) is 2. The molecule has 2 heterocycles. The second-order valence-electron chi connectivity index (χ2n) is 4.66. The van der Waals surface area contributed by atoms with Crippen LogP contribution in [-0.4, -0.2) is 36.2 Å². The van der Waals surface area contributed by atoms with E-state index in [0.29, 0.717) is 0 Å². The first-order valence-electron chi connectivity index (χ1n) is 6.54. The van der Waals surface area contributed by atoms with Gasteiger partial charge in [-0.15, -0.1) is 11.3 Å². The molecule has 0 atom stereocenters. The standard InChI is InChI=1S/C12H16N4O4S2/c1-4-20-11(17)8-5-14-15-10(8)22(18,19)16-12-13-6-9(21-12)7(2)3/h5-7H,4H2,1-3H3,(H,13,16)(H,14,15). The van der Waals surface area contributed by atoms with Gasteiger partial charge in [-0.25, -0.2) is 9.78 Å². The van der Waals surface area contributed by atoms with E-state index in [9.17, 15) is 13.2 Å². The maximum atomic E-state index is 12.3. The number of carbonyl (C=O) groups is 1. The summed E-state index contributed by atoms with van der Waals surface area (Å²) < 4.78 is 31.8. The zero-order chi connectivity index (χ0) is 16.3. The molecule has 0 radical (unpaired) electrons. The smallest absolute Gasteiger partial charge is 0.342 e. The Balaban J connectivity index is 2.27. The SMILES string of the molecule is CCOC(=O)c1cn[nH]c1S(=O)(=O)Nc1ncc(C(C)C)s1. The largest absolute Gasteiger partial charge is 0.462 e. The number of thiazole rings is 1. The lowest BCUT2D eigenvalue weighted by Crippen LogP contribution is -2.17. The van der Waals surface area contributed by atoms with E-state index in [1.54, 1.807) is 13.1 Å². The molecule has 120 valence electrons. The Morgan fingerprint density at radius 3 is 2.77 bits per heavy atom. The molecular formula is C12H16N4O4S2. The van der Waals surface area contributed by atoms with Crippen molar-refractivity contribution >= 4 is 32.5 Å². The topological polar surface area (TPSA) is 114 Å². The summed E-state index contributed by atoms with van der Waals surface area (Å²) in [4.78, 5) is 16.7. The van der Waals surface area contributed by atoms with Gasteiger partial charge in [-0.1, -0.05) is 13.8 Å². The van der Waals surface area contributed by atoms with Crippen LogP contribution < -0.4 is 4.72 Å². The molecule has 2 rings (SSSR count). The van der Waals surface area contributed by atoms with Gasteiger partial charge in [0, 0.05) is 11.1 Å². The van der Waals surface area contributed by atoms with Crippen LogP contribution in [0.2, 0.25) is 0 Å². The Morgan fingerprint density at radius 2 is 2.18 bits per heavy atom. The number of nitrogens with zero attached hydrogens (tertiary/aromatic N) is 2. The van der Waals surface area contributed by atoms with Gasteiger partial charge in [-0.2, -0.15) is 13.5 Å². The third kappa shape index (κ3) is 3.45. The third-order valence-electron chi connectivity index (χ3n) is 2.68. The van der Waals surface area contributed by atoms with Gasteiger partial charge in [0.2, 0.25) is 0 Å². The number of H-pyrrole nitrogens is 1. The predicted octanol–water partition coefficient (Wildman–Crippen LogP) is 1.97. The third-order valence-corrected chi connectivity index (χ3v) is 5.34. The van der Waals surface area contributed by atoms with Gasteiger partial charge < -0.3 is 4.74 Å². The summed E-state index contributed by atoms with van der Waals surface area (Å²) in [7, 11) is -4.00. The van der Waals surface area contributed by atoms with Crippen molar-refractivity contribution < 1.29 is 17.9 Å². The average Bonchev–Trinajstić information content (AvgIpc) is 3.06. The van der Waals surface area contributed by atoms with Crippen LogP contribution >= 0.6 is 11.3 Å². The maximum absolute atomic E-state index is 12.3. The highest BCUT2D eigenvalue weighted by molar-refractivity contribution is 7.92. The zero-order valence-electron chi connectivity index (χ0n) is 12.3. The average molecular weight is 344 g/mol. The molecule has 2 aromatic rings. The summed E-state index contributed by atoms with van der Waals surface area (Å²) in [5, 5.41) is 5.80. The van der Waals surface area contributed by atoms with Crippen LogP contribution in [0.5, 0.6) is 0 Å². The Bertz CT molecular complexity index is 764. The quantitative estimate of drug-likeness (QED) is 0.774. The van der Waals surface area contributed by atoms with Crippen molar-refractivity contribution in [2.45, 2.75) is 31.7 Å². The van der Waals surface area contributed by atoms with Gasteiger partial charge in [0.15, 0.2) is 10.2 Å². The normalized spacial score (nSPS) is 11.6. The summed E-state index contributed by atoms with van der Waals surface area (Å²) in [6.07, 6.45) is 2.74. The van der Waals surface area contributed by atoms with Gasteiger partial charge in [-0.3, -0.25) is 9.82 Å². The molecule has 0 aromatic carbocycles. The first kappa shape index (κ1) is 16.4. The van der Waals surface area contributed by atoms with E-state index in [-0.39, 0.29) is 28.2 Å². The molecule has 0 aliphatic rings. The molecule has 0 aliphatic heterocycles. The van der Waals surface area contributed by atoms with E-state index in [1.807, 2.05) is 13.8 Å². The van der Waals surface area contributed by atoms with Crippen LogP contribution in [0, 0.1) is 0 Å². The van der Waals surface area contributed by atoms with Crippen molar-refractivity contribution in [2.75, 3.05) is 11.3 Å². The van der Waals surface area contributed by atoms with E-state index in [2.05, 4.69) is 19.9 Å². The van der Waals surface area contributed by atoms with Crippen molar-refractivity contribution in [3.05, 3.63) is 22.8 Å². The van der Waals surface area contributed by atoms with Gasteiger partial charge in [0.1, 0.15) is 5.56 Å². The molecule has 2 aromatic heterocycles. The molecule has 10 heteroatoms. The van der Waals surface area contributed by atoms with Crippen LogP contribution in [0.15, 0.2) is 17.4 Å². The first-order valence-corrected chi connectivity index (χ1v) is 8.84. The Labute approximate surface area is 132 Å². The lowest BCUT2D eigenvalue weighted by atomic mass is 10.2. The minimum atomic E-state index is -4.00. The van der Waals surface area contributed by atoms with Crippen LogP contribution in [0.3, 0.4) is 0 Å². The minimum Gasteiger partial charge on any atom is -0.462 e. The summed E-state index contributed by atoms with van der Waals surface area (Å²) in [5.74, 6) is -0.503. The van der Waals surface area contributed by atoms with E-state index < -0.39 is 16.0 Å². The van der Waals surface area contributed by atoms with Gasteiger partial charge in [0.25, 0.3) is 10.0 Å². The molecule has 0 aliphatic carbocycles. The zero-order valence-corrected chi connectivity index (χ0v) is 13.9. The predicted molar refractivity (Wildman–Crippen MR) is 81.6 cm³/mol. The number of rotatable bonds is 6. The number of nitrogens with one attached hydrogen (secondary N) is 2. The summed E-state index contributed by atoms with van der Waals surface area (Å²) in [6, 6.07) is 0. The molecule has 0 spiro atoms. The molecular weight excluding hydrogens is 328 g/mol. The molecule has 0 amide bonds. The van der Waals surface area contributed by atoms with E-state index in [4.69, 9.17) is 4.74 Å². The van der Waals surface area contributed by atoms with Crippen LogP contribution in [0.4, 0.5) is 5.13 Å².